The molecule has 2 aliphatic rings. The van der Waals surface area contributed by atoms with Gasteiger partial charge in [-0.25, -0.2) is 9.97 Å². The van der Waals surface area contributed by atoms with E-state index in [9.17, 15) is 0 Å². The second-order valence-corrected chi connectivity index (χ2v) is 13.1. The number of nitrogens with one attached hydrogen (secondary N) is 1. The van der Waals surface area contributed by atoms with Gasteiger partial charge in [0.05, 0.1) is 17.3 Å². The number of anilines is 2. The summed E-state index contributed by atoms with van der Waals surface area (Å²) in [5.41, 5.74) is 10.7. The molecular formula is C34H44N6O. The van der Waals surface area contributed by atoms with E-state index in [0.717, 1.165) is 72.8 Å². The van der Waals surface area contributed by atoms with Crippen molar-refractivity contribution in [2.75, 3.05) is 36.5 Å². The van der Waals surface area contributed by atoms with Crippen molar-refractivity contribution in [1.82, 2.24) is 20.2 Å². The number of aryl methyl sites for hydroxylation is 3. The molecule has 1 fully saturated rings. The summed E-state index contributed by atoms with van der Waals surface area (Å²) in [7, 11) is 1.84. The summed E-state index contributed by atoms with van der Waals surface area (Å²) in [5.74, 6) is 2.38. The van der Waals surface area contributed by atoms with Gasteiger partial charge in [0.15, 0.2) is 5.82 Å². The molecule has 0 unspecified atom stereocenters. The molecule has 41 heavy (non-hydrogen) atoms. The Morgan fingerprint density at radius 2 is 1.78 bits per heavy atom. The fourth-order valence-electron chi connectivity index (χ4n) is 6.91. The van der Waals surface area contributed by atoms with Crippen LogP contribution in [-0.2, 0) is 17.7 Å². The van der Waals surface area contributed by atoms with Gasteiger partial charge in [-0.1, -0.05) is 45.9 Å². The van der Waals surface area contributed by atoms with E-state index < -0.39 is 0 Å². The van der Waals surface area contributed by atoms with Gasteiger partial charge < -0.3 is 14.5 Å². The summed E-state index contributed by atoms with van der Waals surface area (Å²) in [6, 6.07) is 11.2. The molecule has 0 radical (unpaired) electrons. The van der Waals surface area contributed by atoms with Gasteiger partial charge in [0.1, 0.15) is 5.82 Å². The summed E-state index contributed by atoms with van der Waals surface area (Å²) in [5, 5.41) is 8.84. The lowest BCUT2D eigenvalue weighted by atomic mass is 9.81. The lowest BCUT2D eigenvalue weighted by Gasteiger charge is -2.45. The molecule has 2 aromatic heterocycles. The predicted octanol–water partition coefficient (Wildman–Crippen LogP) is 6.88. The Morgan fingerprint density at radius 1 is 1.00 bits per heavy atom. The van der Waals surface area contributed by atoms with Gasteiger partial charge in [0.25, 0.3) is 0 Å². The Bertz CT molecular complexity index is 1600. The molecule has 6 rings (SSSR count). The molecular weight excluding hydrogens is 508 g/mol. The quantitative estimate of drug-likeness (QED) is 0.291. The van der Waals surface area contributed by atoms with E-state index in [2.05, 4.69) is 98.8 Å². The zero-order valence-electron chi connectivity index (χ0n) is 25.9. The fraction of sp³-hybridized carbons (Fsp3) is 0.500. The molecule has 7 nitrogen and oxygen atoms in total. The van der Waals surface area contributed by atoms with Crippen LogP contribution in [0, 0.1) is 26.2 Å². The van der Waals surface area contributed by atoms with E-state index in [1.165, 1.54) is 33.6 Å². The Kier molecular flexibility index (Phi) is 7.05. The second kappa shape index (κ2) is 10.4. The van der Waals surface area contributed by atoms with Crippen LogP contribution in [-0.4, -0.2) is 53.0 Å². The number of H-pyrrole nitrogens is 1. The van der Waals surface area contributed by atoms with Gasteiger partial charge in [-0.15, -0.1) is 0 Å². The third-order valence-corrected chi connectivity index (χ3v) is 9.33. The lowest BCUT2D eigenvalue weighted by Crippen LogP contribution is -2.50. The number of aromatic nitrogens is 4. The van der Waals surface area contributed by atoms with E-state index in [1.54, 1.807) is 0 Å². The topological polar surface area (TPSA) is 70.2 Å². The first-order valence-electron chi connectivity index (χ1n) is 15.0. The van der Waals surface area contributed by atoms with E-state index >= 15 is 0 Å². The number of rotatable bonds is 5. The lowest BCUT2D eigenvalue weighted by molar-refractivity contribution is -0.00647. The molecule has 2 aromatic carbocycles. The van der Waals surface area contributed by atoms with Crippen LogP contribution in [0.3, 0.4) is 0 Å². The molecule has 0 amide bonds. The molecule has 1 N–H and O–H groups in total. The van der Waals surface area contributed by atoms with Crippen LogP contribution >= 0.6 is 0 Å². The van der Waals surface area contributed by atoms with Crippen LogP contribution in [0.15, 0.2) is 30.3 Å². The number of fused-ring (bicyclic) bond motifs is 2. The molecule has 7 heteroatoms. The molecule has 0 bridgehead atoms. The second-order valence-electron chi connectivity index (χ2n) is 13.1. The molecule has 4 heterocycles. The minimum atomic E-state index is 0.0125. The standard InChI is InChI=1S/C34H44N6O/c1-20(2)24-11-9-21(3)28(17-24)39-15-13-26-25(18-39)33(40-16-14-29(41-8)34(6,7)19-40)36-32(35-26)30-22(4)10-12-27-31(30)23(5)37-38-27/h9-12,17,20,29H,13-16,18-19H2,1-8H3,(H,37,38)/t29-/m0/s1. The van der Waals surface area contributed by atoms with Crippen LogP contribution < -0.4 is 9.80 Å². The van der Waals surface area contributed by atoms with Crippen LogP contribution in [0.5, 0.6) is 0 Å². The number of benzene rings is 2. The monoisotopic (exact) mass is 552 g/mol. The molecule has 216 valence electrons. The Labute approximate surface area is 244 Å². The molecule has 4 aromatic rings. The third kappa shape index (κ3) is 4.88. The van der Waals surface area contributed by atoms with Gasteiger partial charge in [0, 0.05) is 73.0 Å². The largest absolute Gasteiger partial charge is 0.381 e. The summed E-state index contributed by atoms with van der Waals surface area (Å²) in [4.78, 5) is 15.8. The van der Waals surface area contributed by atoms with Crippen LogP contribution in [0.1, 0.15) is 73.7 Å². The summed E-state index contributed by atoms with van der Waals surface area (Å²) in [6.07, 6.45) is 2.10. The molecule has 2 aliphatic heterocycles. The van der Waals surface area contributed by atoms with Crippen molar-refractivity contribution in [1.29, 1.82) is 0 Å². The first kappa shape index (κ1) is 27.7. The predicted molar refractivity (Wildman–Crippen MR) is 168 cm³/mol. The van der Waals surface area contributed by atoms with Gasteiger partial charge in [0.2, 0.25) is 0 Å². The zero-order valence-corrected chi connectivity index (χ0v) is 25.9. The molecule has 0 saturated carbocycles. The Morgan fingerprint density at radius 3 is 2.51 bits per heavy atom. The number of hydrogen-bond acceptors (Lipinski definition) is 6. The number of piperidine rings is 1. The highest BCUT2D eigenvalue weighted by Crippen LogP contribution is 2.40. The maximum Gasteiger partial charge on any atom is 0.162 e. The average Bonchev–Trinajstić information content (AvgIpc) is 3.32. The van der Waals surface area contributed by atoms with E-state index in [4.69, 9.17) is 14.7 Å². The summed E-state index contributed by atoms with van der Waals surface area (Å²) in [6.45, 7) is 19.2. The van der Waals surface area contributed by atoms with E-state index in [1.807, 2.05) is 7.11 Å². The molecule has 1 saturated heterocycles. The SMILES string of the molecule is CO[C@H]1CCN(c2nc(-c3c(C)ccc4n[nH]c(C)c34)nc3c2CN(c2cc(C(C)C)ccc2C)CC3)CC1(C)C. The summed E-state index contributed by atoms with van der Waals surface area (Å²) >= 11 is 0. The fourth-order valence-corrected chi connectivity index (χ4v) is 6.91. The normalized spacial score (nSPS) is 18.8. The number of aromatic amines is 1. The van der Waals surface area contributed by atoms with Crippen molar-refractivity contribution >= 4 is 22.4 Å². The van der Waals surface area contributed by atoms with Gasteiger partial charge in [-0.3, -0.25) is 5.10 Å². The Hall–Kier alpha value is -3.45. The number of ether oxygens (including phenoxy) is 1. The minimum Gasteiger partial charge on any atom is -0.381 e. The van der Waals surface area contributed by atoms with Crippen molar-refractivity contribution in [3.63, 3.8) is 0 Å². The van der Waals surface area contributed by atoms with Gasteiger partial charge >= 0.3 is 0 Å². The number of hydrogen-bond donors (Lipinski definition) is 1. The van der Waals surface area contributed by atoms with Gasteiger partial charge in [-0.2, -0.15) is 5.10 Å². The van der Waals surface area contributed by atoms with Gasteiger partial charge in [-0.05, 0) is 61.9 Å². The first-order chi connectivity index (χ1) is 19.6. The van der Waals surface area contributed by atoms with Crippen molar-refractivity contribution in [3.05, 3.63) is 64.0 Å². The Balaban J connectivity index is 1.49. The van der Waals surface area contributed by atoms with Crippen LogP contribution in [0.2, 0.25) is 0 Å². The third-order valence-electron chi connectivity index (χ3n) is 9.33. The maximum atomic E-state index is 5.90. The highest BCUT2D eigenvalue weighted by molar-refractivity contribution is 5.96. The maximum absolute atomic E-state index is 5.90. The van der Waals surface area contributed by atoms with Crippen molar-refractivity contribution in [3.8, 4) is 11.4 Å². The smallest absolute Gasteiger partial charge is 0.162 e. The van der Waals surface area contributed by atoms with Crippen LogP contribution in [0.4, 0.5) is 11.5 Å². The number of methoxy groups -OCH3 is 1. The first-order valence-corrected chi connectivity index (χ1v) is 15.0. The van der Waals surface area contributed by atoms with E-state index in [-0.39, 0.29) is 11.5 Å². The minimum absolute atomic E-state index is 0.0125. The molecule has 0 spiro atoms. The van der Waals surface area contributed by atoms with E-state index in [0.29, 0.717) is 5.92 Å². The van der Waals surface area contributed by atoms with Crippen molar-refractivity contribution in [2.24, 2.45) is 5.41 Å². The zero-order chi connectivity index (χ0) is 29.1. The van der Waals surface area contributed by atoms with Crippen molar-refractivity contribution in [2.45, 2.75) is 79.9 Å². The molecule has 1 atom stereocenters. The average molecular weight is 553 g/mol. The number of nitrogens with zero attached hydrogens (tertiary/aromatic N) is 5. The summed E-state index contributed by atoms with van der Waals surface area (Å²) < 4.78 is 5.90. The highest BCUT2D eigenvalue weighted by atomic mass is 16.5. The molecule has 0 aliphatic carbocycles. The van der Waals surface area contributed by atoms with Crippen LogP contribution in [0.25, 0.3) is 22.3 Å². The van der Waals surface area contributed by atoms with Crippen molar-refractivity contribution < 1.29 is 4.74 Å². The highest BCUT2D eigenvalue weighted by Gasteiger charge is 2.38.